The number of carbonyl (C=O) groups excluding carboxylic acids is 1. The number of nitrogens with zero attached hydrogens (tertiary/aromatic N) is 2. The fraction of sp³-hybridized carbons (Fsp3) is 0.440. The van der Waals surface area contributed by atoms with Gasteiger partial charge in [-0.05, 0) is 42.0 Å². The summed E-state index contributed by atoms with van der Waals surface area (Å²) in [6.07, 6.45) is 4.33. The van der Waals surface area contributed by atoms with Crippen molar-refractivity contribution >= 4 is 16.9 Å². The van der Waals surface area contributed by atoms with Crippen LogP contribution in [-0.4, -0.2) is 39.9 Å². The van der Waals surface area contributed by atoms with Crippen LogP contribution in [0.15, 0.2) is 48.7 Å². The van der Waals surface area contributed by atoms with Crippen LogP contribution < -0.4 is 5.32 Å². The van der Waals surface area contributed by atoms with Crippen molar-refractivity contribution in [1.82, 2.24) is 20.2 Å². The number of amides is 1. The van der Waals surface area contributed by atoms with Crippen LogP contribution in [-0.2, 0) is 11.3 Å². The number of benzene rings is 1. The van der Waals surface area contributed by atoms with Crippen LogP contribution in [0.3, 0.4) is 0 Å². The van der Waals surface area contributed by atoms with E-state index in [0.29, 0.717) is 5.92 Å². The summed E-state index contributed by atoms with van der Waals surface area (Å²) in [7, 11) is 0. The summed E-state index contributed by atoms with van der Waals surface area (Å²) in [5, 5.41) is 4.59. The number of H-pyrrole nitrogens is 1. The molecule has 5 nitrogen and oxygen atoms in total. The molecular weight excluding hydrogens is 372 g/mol. The zero-order valence-corrected chi connectivity index (χ0v) is 17.8. The third-order valence-electron chi connectivity index (χ3n) is 6.49. The first-order valence-corrected chi connectivity index (χ1v) is 11.1. The minimum atomic E-state index is -0.0126. The molecule has 0 radical (unpaired) electrons. The molecule has 3 aromatic rings. The van der Waals surface area contributed by atoms with E-state index in [-0.39, 0.29) is 23.8 Å². The second-order valence-electron chi connectivity index (χ2n) is 9.18. The van der Waals surface area contributed by atoms with E-state index in [0.717, 1.165) is 25.3 Å². The van der Waals surface area contributed by atoms with E-state index >= 15 is 0 Å². The highest BCUT2D eigenvalue weighted by molar-refractivity contribution is 5.83. The average molecular weight is 403 g/mol. The quantitative estimate of drug-likeness (QED) is 0.650. The molecular formula is C25H30N4O. The van der Waals surface area contributed by atoms with Crippen LogP contribution in [0.5, 0.6) is 0 Å². The molecule has 0 bridgehead atoms. The summed E-state index contributed by atoms with van der Waals surface area (Å²) >= 11 is 0. The molecule has 2 aliphatic rings. The number of likely N-dealkylation sites (tertiary alicyclic amines) is 1. The standard InChI is InChI=1S/C25H30N4O/c1-16(2)25(30)27-21-15-29(13-17-7-4-3-5-8-17)14-20(21)22-19-9-6-12-26-24(19)28-23(22)18-10-11-18/h3-9,12,16,18,20-21H,10-11,13-15H2,1-2H3,(H,26,28)(H,27,30)/t20-,21-/m1/s1. The van der Waals surface area contributed by atoms with Gasteiger partial charge in [0.2, 0.25) is 5.91 Å². The van der Waals surface area contributed by atoms with Gasteiger partial charge in [0.15, 0.2) is 0 Å². The smallest absolute Gasteiger partial charge is 0.222 e. The average Bonchev–Trinajstić information content (AvgIpc) is 3.42. The number of hydrogen-bond donors (Lipinski definition) is 2. The predicted molar refractivity (Wildman–Crippen MR) is 119 cm³/mol. The molecule has 1 aliphatic carbocycles. The second kappa shape index (κ2) is 7.88. The molecule has 30 heavy (non-hydrogen) atoms. The Morgan fingerprint density at radius 1 is 1.17 bits per heavy atom. The van der Waals surface area contributed by atoms with Crippen LogP contribution >= 0.6 is 0 Å². The first-order chi connectivity index (χ1) is 14.6. The van der Waals surface area contributed by atoms with Gasteiger partial charge in [0, 0.05) is 54.8 Å². The molecule has 2 atom stereocenters. The van der Waals surface area contributed by atoms with Crippen LogP contribution in [0, 0.1) is 5.92 Å². The Bertz CT molecular complexity index is 1040. The minimum Gasteiger partial charge on any atom is -0.351 e. The molecule has 5 heteroatoms. The number of fused-ring (bicyclic) bond motifs is 1. The molecule has 5 rings (SSSR count). The van der Waals surface area contributed by atoms with Crippen molar-refractivity contribution < 1.29 is 4.79 Å². The Kier molecular flexibility index (Phi) is 5.07. The SMILES string of the molecule is CC(C)C(=O)N[C@@H]1CN(Cc2ccccc2)C[C@H]1c1c(C2CC2)[nH]c2ncccc12. The Morgan fingerprint density at radius 2 is 1.97 bits per heavy atom. The Labute approximate surface area is 177 Å². The van der Waals surface area contributed by atoms with E-state index in [9.17, 15) is 4.79 Å². The van der Waals surface area contributed by atoms with Crippen LogP contribution in [0.4, 0.5) is 0 Å². The lowest BCUT2D eigenvalue weighted by atomic mass is 9.90. The molecule has 2 N–H and O–H groups in total. The fourth-order valence-corrected chi connectivity index (χ4v) is 4.80. The lowest BCUT2D eigenvalue weighted by Crippen LogP contribution is -2.41. The lowest BCUT2D eigenvalue weighted by molar-refractivity contribution is -0.124. The maximum Gasteiger partial charge on any atom is 0.222 e. The maximum atomic E-state index is 12.6. The van der Waals surface area contributed by atoms with Gasteiger partial charge in [-0.2, -0.15) is 0 Å². The van der Waals surface area contributed by atoms with Crippen LogP contribution in [0.2, 0.25) is 0 Å². The Hall–Kier alpha value is -2.66. The number of rotatable bonds is 6. The number of hydrogen-bond acceptors (Lipinski definition) is 3. The van der Waals surface area contributed by atoms with Crippen molar-refractivity contribution in [3.63, 3.8) is 0 Å². The first-order valence-electron chi connectivity index (χ1n) is 11.1. The van der Waals surface area contributed by atoms with E-state index in [4.69, 9.17) is 0 Å². The minimum absolute atomic E-state index is 0.0126. The zero-order chi connectivity index (χ0) is 20.7. The molecule has 1 saturated carbocycles. The van der Waals surface area contributed by atoms with E-state index in [1.54, 1.807) is 0 Å². The largest absolute Gasteiger partial charge is 0.351 e. The molecule has 156 valence electrons. The summed E-state index contributed by atoms with van der Waals surface area (Å²) in [4.78, 5) is 23.3. The van der Waals surface area contributed by atoms with Crippen LogP contribution in [0.1, 0.15) is 55.3 Å². The number of aromatic amines is 1. The van der Waals surface area contributed by atoms with Gasteiger partial charge in [-0.1, -0.05) is 44.2 Å². The first kappa shape index (κ1) is 19.3. The lowest BCUT2D eigenvalue weighted by Gasteiger charge is -2.22. The van der Waals surface area contributed by atoms with E-state index in [2.05, 4.69) is 56.6 Å². The Morgan fingerprint density at radius 3 is 2.70 bits per heavy atom. The molecule has 2 fully saturated rings. The third kappa shape index (κ3) is 3.74. The molecule has 1 saturated heterocycles. The summed E-state index contributed by atoms with van der Waals surface area (Å²) in [6, 6.07) is 14.9. The summed E-state index contributed by atoms with van der Waals surface area (Å²) in [5.41, 5.74) is 5.02. The molecule has 0 unspecified atom stereocenters. The molecule has 1 aliphatic heterocycles. The summed E-state index contributed by atoms with van der Waals surface area (Å²) in [5.74, 6) is 1.00. The second-order valence-corrected chi connectivity index (χ2v) is 9.18. The van der Waals surface area contributed by atoms with E-state index in [1.165, 1.54) is 35.0 Å². The molecule has 2 aromatic heterocycles. The van der Waals surface area contributed by atoms with Crippen molar-refractivity contribution in [2.45, 2.75) is 51.1 Å². The van der Waals surface area contributed by atoms with Gasteiger partial charge in [0.1, 0.15) is 5.65 Å². The van der Waals surface area contributed by atoms with Crippen molar-refractivity contribution in [3.8, 4) is 0 Å². The number of nitrogens with one attached hydrogen (secondary N) is 2. The number of aromatic nitrogens is 2. The van der Waals surface area contributed by atoms with E-state index < -0.39 is 0 Å². The molecule has 1 aromatic carbocycles. The molecule has 0 spiro atoms. The van der Waals surface area contributed by atoms with Gasteiger partial charge in [-0.25, -0.2) is 4.98 Å². The summed E-state index contributed by atoms with van der Waals surface area (Å²) < 4.78 is 0. The van der Waals surface area contributed by atoms with E-state index in [1.807, 2.05) is 26.1 Å². The van der Waals surface area contributed by atoms with Crippen molar-refractivity contribution in [2.75, 3.05) is 13.1 Å². The van der Waals surface area contributed by atoms with Crippen LogP contribution in [0.25, 0.3) is 11.0 Å². The Balaban J connectivity index is 1.50. The van der Waals surface area contributed by atoms with Gasteiger partial charge in [0.25, 0.3) is 0 Å². The van der Waals surface area contributed by atoms with Crippen molar-refractivity contribution in [2.24, 2.45) is 5.92 Å². The predicted octanol–water partition coefficient (Wildman–Crippen LogP) is 4.18. The van der Waals surface area contributed by atoms with Gasteiger partial charge in [-0.3, -0.25) is 9.69 Å². The highest BCUT2D eigenvalue weighted by Crippen LogP contribution is 2.46. The maximum absolute atomic E-state index is 12.6. The normalized spacial score (nSPS) is 22.1. The van der Waals surface area contributed by atoms with Gasteiger partial charge < -0.3 is 10.3 Å². The summed E-state index contributed by atoms with van der Waals surface area (Å²) in [6.45, 7) is 6.65. The van der Waals surface area contributed by atoms with Crippen molar-refractivity contribution in [1.29, 1.82) is 0 Å². The third-order valence-corrected chi connectivity index (χ3v) is 6.49. The monoisotopic (exact) mass is 402 g/mol. The highest BCUT2D eigenvalue weighted by atomic mass is 16.1. The molecule has 1 amide bonds. The molecule has 3 heterocycles. The number of pyridine rings is 1. The fourth-order valence-electron chi connectivity index (χ4n) is 4.80. The highest BCUT2D eigenvalue weighted by Gasteiger charge is 2.40. The van der Waals surface area contributed by atoms with Gasteiger partial charge in [-0.15, -0.1) is 0 Å². The van der Waals surface area contributed by atoms with Gasteiger partial charge in [0.05, 0.1) is 0 Å². The topological polar surface area (TPSA) is 61.0 Å². The van der Waals surface area contributed by atoms with Crippen molar-refractivity contribution in [3.05, 3.63) is 65.5 Å². The zero-order valence-electron chi connectivity index (χ0n) is 17.8. The van der Waals surface area contributed by atoms with Gasteiger partial charge >= 0.3 is 0 Å². The number of carbonyl (C=O) groups is 1.